The number of unbranched alkanes of at least 4 members (excludes halogenated alkanes) is 14. The number of rotatable bonds is 20. The summed E-state index contributed by atoms with van der Waals surface area (Å²) < 4.78 is 11.1. The average molecular weight is 583 g/mol. The summed E-state index contributed by atoms with van der Waals surface area (Å²) in [5, 5.41) is 14.4. The Labute approximate surface area is 253 Å². The summed E-state index contributed by atoms with van der Waals surface area (Å²) in [6.07, 6.45) is 18.6. The topological polar surface area (TPSA) is 101 Å². The standard InChI is InChI=1S/C34H54N4O4/c1-4-5-6-7-8-9-10-11-12-13-14-15-16-17-18-24-36-33(40)42-26-34(25-41-32(39)35-3)37-29-21-19-20-28-23-22-27(2)31(38-34)30(28)29/h19-23,37-38H,4-18,24-26H2,1-3H3,(H,35,39)(H,36,40). The van der Waals surface area contributed by atoms with Crippen LogP contribution in [0.2, 0.25) is 0 Å². The van der Waals surface area contributed by atoms with Crippen LogP contribution in [0.15, 0.2) is 30.3 Å². The minimum absolute atomic E-state index is 0.0289. The Kier molecular flexibility index (Phi) is 14.6. The number of amides is 2. The van der Waals surface area contributed by atoms with Gasteiger partial charge in [-0.05, 0) is 30.4 Å². The van der Waals surface area contributed by atoms with Crippen LogP contribution in [0.25, 0.3) is 10.8 Å². The summed E-state index contributed by atoms with van der Waals surface area (Å²) in [7, 11) is 1.51. The van der Waals surface area contributed by atoms with Crippen molar-refractivity contribution in [2.75, 3.05) is 37.4 Å². The number of aryl methyl sites for hydroxylation is 1. The van der Waals surface area contributed by atoms with E-state index in [2.05, 4.69) is 46.4 Å². The van der Waals surface area contributed by atoms with Gasteiger partial charge in [-0.15, -0.1) is 0 Å². The molecule has 8 heteroatoms. The Morgan fingerprint density at radius 1 is 0.738 bits per heavy atom. The second-order valence-corrected chi connectivity index (χ2v) is 11.8. The first kappa shape index (κ1) is 33.3. The van der Waals surface area contributed by atoms with Crippen molar-refractivity contribution in [2.24, 2.45) is 0 Å². The van der Waals surface area contributed by atoms with E-state index >= 15 is 0 Å². The van der Waals surface area contributed by atoms with E-state index in [0.29, 0.717) is 6.54 Å². The molecule has 234 valence electrons. The van der Waals surface area contributed by atoms with E-state index < -0.39 is 17.8 Å². The molecule has 0 spiro atoms. The Morgan fingerprint density at radius 3 is 1.90 bits per heavy atom. The first-order valence-electron chi connectivity index (χ1n) is 16.3. The summed E-state index contributed by atoms with van der Waals surface area (Å²) in [4.78, 5) is 24.5. The number of hydrogen-bond donors (Lipinski definition) is 4. The van der Waals surface area contributed by atoms with Gasteiger partial charge in [0, 0.05) is 30.4 Å². The second kappa shape index (κ2) is 18.4. The van der Waals surface area contributed by atoms with Crippen LogP contribution in [0.1, 0.15) is 109 Å². The Morgan fingerprint density at radius 2 is 1.31 bits per heavy atom. The number of benzene rings is 2. The Hall–Kier alpha value is -3.16. The van der Waals surface area contributed by atoms with Gasteiger partial charge < -0.3 is 30.7 Å². The summed E-state index contributed by atoms with van der Waals surface area (Å²) in [6.45, 7) is 4.81. The second-order valence-electron chi connectivity index (χ2n) is 11.8. The van der Waals surface area contributed by atoms with Crippen molar-refractivity contribution in [3.8, 4) is 0 Å². The molecule has 8 nitrogen and oxygen atoms in total. The zero-order valence-electron chi connectivity index (χ0n) is 26.2. The van der Waals surface area contributed by atoms with E-state index in [1.807, 2.05) is 19.1 Å². The number of anilines is 2. The molecular weight excluding hydrogens is 528 g/mol. The van der Waals surface area contributed by atoms with Crippen molar-refractivity contribution < 1.29 is 19.1 Å². The van der Waals surface area contributed by atoms with Crippen molar-refractivity contribution >= 4 is 34.3 Å². The van der Waals surface area contributed by atoms with Gasteiger partial charge in [-0.2, -0.15) is 0 Å². The van der Waals surface area contributed by atoms with Gasteiger partial charge >= 0.3 is 12.2 Å². The minimum Gasteiger partial charge on any atom is -0.445 e. The lowest BCUT2D eigenvalue weighted by Crippen LogP contribution is -2.57. The van der Waals surface area contributed by atoms with Crippen LogP contribution in [0.5, 0.6) is 0 Å². The third-order valence-corrected chi connectivity index (χ3v) is 8.15. The molecule has 3 rings (SSSR count). The molecule has 0 radical (unpaired) electrons. The van der Waals surface area contributed by atoms with Crippen LogP contribution in [0, 0.1) is 6.92 Å². The van der Waals surface area contributed by atoms with Gasteiger partial charge in [0.15, 0.2) is 5.66 Å². The third kappa shape index (κ3) is 10.9. The molecule has 1 aliphatic rings. The summed E-state index contributed by atoms with van der Waals surface area (Å²) in [6, 6.07) is 10.1. The SMILES string of the molecule is CCCCCCCCCCCCCCCCCNC(=O)OCC1(COC(=O)NC)Nc2cccc3ccc(C)c(c23)N1. The quantitative estimate of drug-likeness (QED) is 0.117. The van der Waals surface area contributed by atoms with Crippen LogP contribution < -0.4 is 21.3 Å². The predicted molar refractivity (Wildman–Crippen MR) is 173 cm³/mol. The van der Waals surface area contributed by atoms with Crippen molar-refractivity contribution in [2.45, 2.75) is 116 Å². The number of nitrogens with one attached hydrogen (secondary N) is 4. The zero-order chi connectivity index (χ0) is 30.0. The lowest BCUT2D eigenvalue weighted by Gasteiger charge is -2.40. The molecule has 0 aromatic heterocycles. The zero-order valence-corrected chi connectivity index (χ0v) is 26.2. The fourth-order valence-electron chi connectivity index (χ4n) is 5.65. The fourth-order valence-corrected chi connectivity index (χ4v) is 5.65. The number of carbonyl (C=O) groups is 2. The molecule has 42 heavy (non-hydrogen) atoms. The monoisotopic (exact) mass is 582 g/mol. The Bertz CT molecular complexity index is 1110. The highest BCUT2D eigenvalue weighted by atomic mass is 16.6. The molecule has 2 amide bonds. The van der Waals surface area contributed by atoms with E-state index in [1.165, 1.54) is 90.5 Å². The smallest absolute Gasteiger partial charge is 0.407 e. The van der Waals surface area contributed by atoms with Gasteiger partial charge in [0.2, 0.25) is 0 Å². The normalized spacial score (nSPS) is 15.5. The molecule has 0 saturated heterocycles. The molecule has 2 aromatic carbocycles. The predicted octanol–water partition coefficient (Wildman–Crippen LogP) is 8.64. The molecule has 1 aliphatic heterocycles. The van der Waals surface area contributed by atoms with E-state index in [1.54, 1.807) is 0 Å². The van der Waals surface area contributed by atoms with Crippen LogP contribution in [0.3, 0.4) is 0 Å². The number of alkyl carbamates (subject to hydrolysis) is 2. The summed E-state index contributed by atoms with van der Waals surface area (Å²) in [5.41, 5.74) is 1.88. The lowest BCUT2D eigenvalue weighted by molar-refractivity contribution is 0.0880. The molecule has 1 unspecified atom stereocenters. The number of carbonyl (C=O) groups excluding carboxylic acids is 2. The van der Waals surface area contributed by atoms with Gasteiger partial charge in [-0.25, -0.2) is 9.59 Å². The maximum Gasteiger partial charge on any atom is 0.407 e. The van der Waals surface area contributed by atoms with Crippen molar-refractivity contribution in [3.05, 3.63) is 35.9 Å². The fraction of sp³-hybridized carbons (Fsp3) is 0.647. The van der Waals surface area contributed by atoms with Gasteiger partial charge in [0.05, 0.1) is 0 Å². The van der Waals surface area contributed by atoms with Crippen LogP contribution in [0.4, 0.5) is 21.0 Å². The minimum atomic E-state index is -1.01. The van der Waals surface area contributed by atoms with Crippen molar-refractivity contribution in [1.29, 1.82) is 0 Å². The molecule has 4 N–H and O–H groups in total. The molecular formula is C34H54N4O4. The van der Waals surface area contributed by atoms with E-state index in [4.69, 9.17) is 9.47 Å². The number of ether oxygens (including phenoxy) is 2. The molecule has 2 aromatic rings. The highest BCUT2D eigenvalue weighted by molar-refractivity contribution is 6.06. The van der Waals surface area contributed by atoms with Crippen molar-refractivity contribution in [1.82, 2.24) is 10.6 Å². The average Bonchev–Trinajstić information content (AvgIpc) is 3.00. The maximum atomic E-state index is 12.6. The maximum absolute atomic E-state index is 12.6. The van der Waals surface area contributed by atoms with Gasteiger partial charge in [-0.1, -0.05) is 121 Å². The van der Waals surface area contributed by atoms with E-state index in [0.717, 1.165) is 40.6 Å². The molecule has 0 aliphatic carbocycles. The van der Waals surface area contributed by atoms with Gasteiger partial charge in [0.25, 0.3) is 0 Å². The summed E-state index contributed by atoms with van der Waals surface area (Å²) in [5.74, 6) is 0. The highest BCUT2D eigenvalue weighted by Crippen LogP contribution is 2.40. The van der Waals surface area contributed by atoms with Crippen LogP contribution in [-0.4, -0.2) is 44.7 Å². The first-order valence-corrected chi connectivity index (χ1v) is 16.3. The Balaban J connectivity index is 1.32. The van der Waals surface area contributed by atoms with Crippen LogP contribution >= 0.6 is 0 Å². The first-order chi connectivity index (χ1) is 20.5. The largest absolute Gasteiger partial charge is 0.445 e. The third-order valence-electron chi connectivity index (χ3n) is 8.15. The van der Waals surface area contributed by atoms with Crippen LogP contribution in [-0.2, 0) is 9.47 Å². The molecule has 1 atom stereocenters. The molecule has 0 bridgehead atoms. The lowest BCUT2D eigenvalue weighted by atomic mass is 9.97. The van der Waals surface area contributed by atoms with E-state index in [-0.39, 0.29) is 13.2 Å². The molecule has 1 heterocycles. The van der Waals surface area contributed by atoms with E-state index in [9.17, 15) is 9.59 Å². The van der Waals surface area contributed by atoms with Gasteiger partial charge in [0.1, 0.15) is 13.2 Å². The molecule has 0 saturated carbocycles. The summed E-state index contributed by atoms with van der Waals surface area (Å²) >= 11 is 0. The van der Waals surface area contributed by atoms with Crippen molar-refractivity contribution in [3.63, 3.8) is 0 Å². The number of hydrogen-bond acceptors (Lipinski definition) is 6. The highest BCUT2D eigenvalue weighted by Gasteiger charge is 2.38. The van der Waals surface area contributed by atoms with Gasteiger partial charge in [-0.3, -0.25) is 0 Å². The molecule has 0 fully saturated rings.